The van der Waals surface area contributed by atoms with Gasteiger partial charge in [0.2, 0.25) is 0 Å². The highest BCUT2D eigenvalue weighted by Gasteiger charge is 2.31. The Kier molecular flexibility index (Phi) is 3.60. The molecule has 1 aliphatic carbocycles. The molecule has 1 fully saturated rings. The summed E-state index contributed by atoms with van der Waals surface area (Å²) < 4.78 is 1.60. The van der Waals surface area contributed by atoms with Gasteiger partial charge in [0.1, 0.15) is 5.69 Å². The van der Waals surface area contributed by atoms with Crippen molar-refractivity contribution < 1.29 is 4.79 Å². The molecular weight excluding hydrogens is 252 g/mol. The summed E-state index contributed by atoms with van der Waals surface area (Å²) in [6.45, 7) is 0. The molecular formula is C15H18N4O. The molecule has 0 amide bonds. The van der Waals surface area contributed by atoms with Gasteiger partial charge >= 0.3 is 0 Å². The minimum Gasteiger partial charge on any atom is -0.327 e. The van der Waals surface area contributed by atoms with Crippen molar-refractivity contribution in [3.8, 4) is 5.69 Å². The summed E-state index contributed by atoms with van der Waals surface area (Å²) in [4.78, 5) is 12.7. The van der Waals surface area contributed by atoms with E-state index in [1.807, 2.05) is 30.3 Å². The zero-order valence-electron chi connectivity index (χ0n) is 11.3. The first-order chi connectivity index (χ1) is 9.77. The molecule has 1 saturated carbocycles. The highest BCUT2D eigenvalue weighted by Crippen LogP contribution is 2.26. The summed E-state index contributed by atoms with van der Waals surface area (Å²) >= 11 is 0. The van der Waals surface area contributed by atoms with Crippen LogP contribution in [0, 0.1) is 5.92 Å². The van der Waals surface area contributed by atoms with Crippen LogP contribution in [-0.4, -0.2) is 26.8 Å². The molecule has 5 nitrogen and oxygen atoms in total. The average molecular weight is 270 g/mol. The second-order valence-electron chi connectivity index (χ2n) is 5.29. The zero-order chi connectivity index (χ0) is 13.9. The molecule has 3 rings (SSSR count). The minimum atomic E-state index is -0.107. The van der Waals surface area contributed by atoms with Crippen molar-refractivity contribution in [3.63, 3.8) is 0 Å². The van der Waals surface area contributed by atoms with Crippen molar-refractivity contribution in [2.45, 2.75) is 31.7 Å². The number of aromatic nitrogens is 3. The molecule has 2 unspecified atom stereocenters. The molecule has 2 N–H and O–H groups in total. The van der Waals surface area contributed by atoms with E-state index in [1.165, 1.54) is 6.20 Å². The number of Topliss-reactive ketones (excluding diaryl/α,β-unsaturated/α-hetero) is 1. The lowest BCUT2D eigenvalue weighted by molar-refractivity contribution is 0.0863. The van der Waals surface area contributed by atoms with E-state index in [0.717, 1.165) is 31.4 Å². The van der Waals surface area contributed by atoms with Crippen molar-refractivity contribution in [2.75, 3.05) is 0 Å². The lowest BCUT2D eigenvalue weighted by Gasteiger charge is -2.27. The number of para-hydroxylation sites is 1. The largest absolute Gasteiger partial charge is 0.327 e. The molecule has 2 aromatic rings. The first-order valence-corrected chi connectivity index (χ1v) is 7.03. The zero-order valence-corrected chi connectivity index (χ0v) is 11.3. The van der Waals surface area contributed by atoms with Crippen molar-refractivity contribution in [1.82, 2.24) is 15.0 Å². The number of benzene rings is 1. The molecule has 5 heteroatoms. The summed E-state index contributed by atoms with van der Waals surface area (Å²) in [6.07, 6.45) is 5.50. The van der Waals surface area contributed by atoms with Crippen molar-refractivity contribution in [3.05, 3.63) is 42.2 Å². The van der Waals surface area contributed by atoms with Gasteiger partial charge in [-0.1, -0.05) is 36.3 Å². The van der Waals surface area contributed by atoms with Gasteiger partial charge < -0.3 is 5.73 Å². The normalized spacial score (nSPS) is 22.6. The van der Waals surface area contributed by atoms with Gasteiger partial charge in [0.15, 0.2) is 5.78 Å². The highest BCUT2D eigenvalue weighted by molar-refractivity contribution is 5.97. The Morgan fingerprint density at radius 1 is 1.20 bits per heavy atom. The van der Waals surface area contributed by atoms with Gasteiger partial charge in [-0.05, 0) is 25.0 Å². The molecule has 1 aromatic carbocycles. The van der Waals surface area contributed by atoms with E-state index in [9.17, 15) is 4.79 Å². The van der Waals surface area contributed by atoms with Crippen LogP contribution < -0.4 is 5.73 Å². The predicted octanol–water partition coefficient (Wildman–Crippen LogP) is 1.97. The van der Waals surface area contributed by atoms with Gasteiger partial charge in [-0.2, -0.15) is 0 Å². The topological polar surface area (TPSA) is 73.8 Å². The van der Waals surface area contributed by atoms with Gasteiger partial charge in [0.25, 0.3) is 0 Å². The van der Waals surface area contributed by atoms with Crippen LogP contribution in [0.2, 0.25) is 0 Å². The van der Waals surface area contributed by atoms with Crippen molar-refractivity contribution in [2.24, 2.45) is 11.7 Å². The average Bonchev–Trinajstić information content (AvgIpc) is 2.97. The molecule has 0 radical (unpaired) electrons. The summed E-state index contributed by atoms with van der Waals surface area (Å²) in [5.74, 6) is -0.0456. The maximum atomic E-state index is 12.7. The van der Waals surface area contributed by atoms with E-state index in [-0.39, 0.29) is 17.7 Å². The van der Waals surface area contributed by atoms with Crippen LogP contribution >= 0.6 is 0 Å². The number of carbonyl (C=O) groups is 1. The fourth-order valence-corrected chi connectivity index (χ4v) is 2.84. The Morgan fingerprint density at radius 3 is 2.70 bits per heavy atom. The second-order valence-corrected chi connectivity index (χ2v) is 5.29. The second kappa shape index (κ2) is 5.54. The molecule has 0 bridgehead atoms. The Morgan fingerprint density at radius 2 is 1.95 bits per heavy atom. The molecule has 0 spiro atoms. The van der Waals surface area contributed by atoms with E-state index in [0.29, 0.717) is 5.69 Å². The number of rotatable bonds is 3. The monoisotopic (exact) mass is 270 g/mol. The van der Waals surface area contributed by atoms with Crippen molar-refractivity contribution in [1.29, 1.82) is 0 Å². The van der Waals surface area contributed by atoms with Gasteiger partial charge in [0.05, 0.1) is 11.9 Å². The van der Waals surface area contributed by atoms with Crippen LogP contribution in [0.5, 0.6) is 0 Å². The van der Waals surface area contributed by atoms with Crippen molar-refractivity contribution >= 4 is 5.78 Å². The van der Waals surface area contributed by atoms with Crippen LogP contribution in [0.1, 0.15) is 36.2 Å². The van der Waals surface area contributed by atoms with Crippen LogP contribution in [0.15, 0.2) is 36.5 Å². The van der Waals surface area contributed by atoms with E-state index < -0.39 is 0 Å². The quantitative estimate of drug-likeness (QED) is 0.865. The number of nitrogens with zero attached hydrogens (tertiary/aromatic N) is 3. The van der Waals surface area contributed by atoms with Gasteiger partial charge in [-0.3, -0.25) is 4.79 Å². The Balaban J connectivity index is 1.91. The molecule has 0 saturated heterocycles. The summed E-state index contributed by atoms with van der Waals surface area (Å²) in [5, 5.41) is 7.92. The molecule has 20 heavy (non-hydrogen) atoms. The van der Waals surface area contributed by atoms with E-state index in [1.54, 1.807) is 4.68 Å². The van der Waals surface area contributed by atoms with Crippen LogP contribution in [0.4, 0.5) is 0 Å². The van der Waals surface area contributed by atoms with E-state index >= 15 is 0 Å². The van der Waals surface area contributed by atoms with Gasteiger partial charge in [-0.15, -0.1) is 5.10 Å². The fraction of sp³-hybridized carbons (Fsp3) is 0.400. The smallest absolute Gasteiger partial charge is 0.187 e. The van der Waals surface area contributed by atoms with Crippen LogP contribution in [0.25, 0.3) is 5.69 Å². The Labute approximate surface area is 117 Å². The summed E-state index contributed by atoms with van der Waals surface area (Å²) in [7, 11) is 0. The maximum absolute atomic E-state index is 12.7. The standard InChI is InChI=1S/C15H18N4O/c16-13-9-5-4-8-12(13)15(20)14-10-17-18-19(14)11-6-2-1-3-7-11/h1-3,6-7,10,12-13H,4-5,8-9,16H2. The number of carbonyl (C=O) groups excluding carboxylic acids is 1. The molecule has 1 heterocycles. The highest BCUT2D eigenvalue weighted by atomic mass is 16.1. The van der Waals surface area contributed by atoms with Crippen LogP contribution in [-0.2, 0) is 0 Å². The van der Waals surface area contributed by atoms with E-state index in [4.69, 9.17) is 5.73 Å². The molecule has 104 valence electrons. The lowest BCUT2D eigenvalue weighted by atomic mass is 9.81. The van der Waals surface area contributed by atoms with E-state index in [2.05, 4.69) is 10.3 Å². The number of hydrogen-bond acceptors (Lipinski definition) is 4. The first kappa shape index (κ1) is 13.0. The fourth-order valence-electron chi connectivity index (χ4n) is 2.84. The Bertz CT molecular complexity index is 593. The lowest BCUT2D eigenvalue weighted by Crippen LogP contribution is -2.38. The van der Waals surface area contributed by atoms with Gasteiger partial charge in [-0.25, -0.2) is 4.68 Å². The maximum Gasteiger partial charge on any atom is 0.187 e. The molecule has 2 atom stereocenters. The summed E-state index contributed by atoms with van der Waals surface area (Å²) in [6, 6.07) is 9.53. The first-order valence-electron chi connectivity index (χ1n) is 7.03. The molecule has 1 aromatic heterocycles. The predicted molar refractivity (Wildman–Crippen MR) is 75.6 cm³/mol. The Hall–Kier alpha value is -2.01. The number of ketones is 1. The van der Waals surface area contributed by atoms with Crippen LogP contribution in [0.3, 0.4) is 0 Å². The summed E-state index contributed by atoms with van der Waals surface area (Å²) in [5.41, 5.74) is 7.48. The third kappa shape index (κ3) is 2.36. The SMILES string of the molecule is NC1CCCCC1C(=O)c1cnnn1-c1ccccc1. The molecule has 1 aliphatic rings. The van der Waals surface area contributed by atoms with Gasteiger partial charge in [0, 0.05) is 12.0 Å². The third-order valence-electron chi connectivity index (χ3n) is 3.96. The number of nitrogens with two attached hydrogens (primary N) is 1. The number of hydrogen-bond donors (Lipinski definition) is 1. The minimum absolute atomic E-state index is 0.0460. The molecule has 0 aliphatic heterocycles. The third-order valence-corrected chi connectivity index (χ3v) is 3.96.